The van der Waals surface area contributed by atoms with E-state index in [0.717, 1.165) is 5.92 Å². The van der Waals surface area contributed by atoms with Gasteiger partial charge in [-0.25, -0.2) is 0 Å². The van der Waals surface area contributed by atoms with E-state index in [2.05, 4.69) is 24.8 Å². The van der Waals surface area contributed by atoms with Crippen molar-refractivity contribution in [1.29, 1.82) is 0 Å². The van der Waals surface area contributed by atoms with Gasteiger partial charge in [0.1, 0.15) is 5.75 Å². The molecule has 0 radical (unpaired) electrons. The Morgan fingerprint density at radius 2 is 2.04 bits per heavy atom. The first kappa shape index (κ1) is 16.8. The molecule has 0 aromatic heterocycles. The lowest BCUT2D eigenvalue weighted by atomic mass is 9.68. The maximum atomic E-state index is 9.81. The minimum Gasteiger partial charge on any atom is -0.508 e. The average Bonchev–Trinajstić information content (AvgIpc) is 3.04. The van der Waals surface area contributed by atoms with Crippen molar-refractivity contribution in [2.24, 2.45) is 11.8 Å². The molecule has 1 aromatic carbocycles. The molecule has 128 valence electrons. The molecule has 1 saturated heterocycles. The van der Waals surface area contributed by atoms with E-state index in [0.29, 0.717) is 11.7 Å². The third-order valence-corrected chi connectivity index (χ3v) is 6.63. The summed E-state index contributed by atoms with van der Waals surface area (Å²) in [6.45, 7) is 8.42. The first-order valence-electron chi connectivity index (χ1n) is 9.60. The first-order valence-corrected chi connectivity index (χ1v) is 9.60. The SMILES string of the molecule is CC1CN(CCCC2CCCC2)CCC1(C)c1cccc(O)c1. The number of phenolic OH excluding ortho intramolecular Hbond substituents is 1. The van der Waals surface area contributed by atoms with Gasteiger partial charge >= 0.3 is 0 Å². The Kier molecular flexibility index (Phi) is 5.31. The fourth-order valence-corrected chi connectivity index (χ4v) is 4.71. The smallest absolute Gasteiger partial charge is 0.115 e. The lowest BCUT2D eigenvalue weighted by molar-refractivity contribution is 0.108. The van der Waals surface area contributed by atoms with Gasteiger partial charge < -0.3 is 10.0 Å². The zero-order chi connectivity index (χ0) is 16.3. The van der Waals surface area contributed by atoms with Crippen molar-refractivity contribution in [3.63, 3.8) is 0 Å². The molecule has 1 aliphatic heterocycles. The molecule has 1 saturated carbocycles. The van der Waals surface area contributed by atoms with Gasteiger partial charge in [0.25, 0.3) is 0 Å². The van der Waals surface area contributed by atoms with Gasteiger partial charge in [-0.3, -0.25) is 0 Å². The number of rotatable bonds is 5. The molecule has 1 aromatic rings. The molecule has 2 fully saturated rings. The largest absolute Gasteiger partial charge is 0.508 e. The van der Waals surface area contributed by atoms with Gasteiger partial charge in [0.15, 0.2) is 0 Å². The zero-order valence-corrected chi connectivity index (χ0v) is 14.9. The van der Waals surface area contributed by atoms with Crippen LogP contribution in [0.5, 0.6) is 5.75 Å². The minimum absolute atomic E-state index is 0.195. The normalized spacial score (nSPS) is 29.9. The van der Waals surface area contributed by atoms with Gasteiger partial charge in [-0.1, -0.05) is 51.7 Å². The predicted molar refractivity (Wildman–Crippen MR) is 96.9 cm³/mol. The molecule has 0 bridgehead atoms. The van der Waals surface area contributed by atoms with Gasteiger partial charge in [0.05, 0.1) is 0 Å². The third-order valence-electron chi connectivity index (χ3n) is 6.63. The summed E-state index contributed by atoms with van der Waals surface area (Å²) in [5.74, 6) is 2.05. The third kappa shape index (κ3) is 3.91. The van der Waals surface area contributed by atoms with Gasteiger partial charge in [0.2, 0.25) is 0 Å². The zero-order valence-electron chi connectivity index (χ0n) is 14.9. The predicted octanol–water partition coefficient (Wildman–Crippen LogP) is 4.96. The fourth-order valence-electron chi connectivity index (χ4n) is 4.71. The van der Waals surface area contributed by atoms with Crippen LogP contribution in [0.3, 0.4) is 0 Å². The first-order chi connectivity index (χ1) is 11.1. The summed E-state index contributed by atoms with van der Waals surface area (Å²) >= 11 is 0. The topological polar surface area (TPSA) is 23.5 Å². The molecular formula is C21H33NO. The molecule has 2 heteroatoms. The van der Waals surface area contributed by atoms with Crippen molar-refractivity contribution < 1.29 is 5.11 Å². The quantitative estimate of drug-likeness (QED) is 0.830. The van der Waals surface area contributed by atoms with Crippen LogP contribution in [0.25, 0.3) is 0 Å². The number of likely N-dealkylation sites (tertiary alicyclic amines) is 1. The van der Waals surface area contributed by atoms with Crippen molar-refractivity contribution in [1.82, 2.24) is 4.90 Å². The van der Waals surface area contributed by atoms with E-state index in [1.54, 1.807) is 6.07 Å². The van der Waals surface area contributed by atoms with Gasteiger partial charge in [-0.2, -0.15) is 0 Å². The summed E-state index contributed by atoms with van der Waals surface area (Å²) < 4.78 is 0. The number of benzene rings is 1. The second-order valence-corrected chi connectivity index (χ2v) is 8.21. The van der Waals surface area contributed by atoms with Crippen molar-refractivity contribution in [3.05, 3.63) is 29.8 Å². The van der Waals surface area contributed by atoms with Crippen molar-refractivity contribution in [2.45, 2.75) is 64.2 Å². The summed E-state index contributed by atoms with van der Waals surface area (Å²) in [7, 11) is 0. The van der Waals surface area contributed by atoms with Crippen LogP contribution in [0.4, 0.5) is 0 Å². The Labute approximate surface area is 141 Å². The van der Waals surface area contributed by atoms with Gasteiger partial charge in [-0.05, 0) is 67.3 Å². The van der Waals surface area contributed by atoms with E-state index in [9.17, 15) is 5.11 Å². The summed E-state index contributed by atoms with van der Waals surface area (Å²) in [4.78, 5) is 2.67. The highest BCUT2D eigenvalue weighted by molar-refractivity contribution is 5.33. The molecule has 1 aliphatic carbocycles. The minimum atomic E-state index is 0.195. The molecule has 2 nitrogen and oxygen atoms in total. The van der Waals surface area contributed by atoms with Crippen LogP contribution < -0.4 is 0 Å². The van der Waals surface area contributed by atoms with Crippen molar-refractivity contribution in [3.8, 4) is 5.75 Å². The lowest BCUT2D eigenvalue weighted by Gasteiger charge is -2.45. The Hall–Kier alpha value is -1.02. The van der Waals surface area contributed by atoms with Gasteiger partial charge in [-0.15, -0.1) is 0 Å². The van der Waals surface area contributed by atoms with Crippen LogP contribution in [-0.2, 0) is 5.41 Å². The highest BCUT2D eigenvalue weighted by Crippen LogP contribution is 2.40. The molecule has 1 N–H and O–H groups in total. The second kappa shape index (κ2) is 7.25. The lowest BCUT2D eigenvalue weighted by Crippen LogP contribution is -2.47. The van der Waals surface area contributed by atoms with Gasteiger partial charge in [0, 0.05) is 6.54 Å². The molecule has 3 rings (SSSR count). The summed E-state index contributed by atoms with van der Waals surface area (Å²) in [5.41, 5.74) is 1.50. The van der Waals surface area contributed by atoms with E-state index in [-0.39, 0.29) is 5.41 Å². The van der Waals surface area contributed by atoms with Crippen LogP contribution in [0.15, 0.2) is 24.3 Å². The average molecular weight is 316 g/mol. The summed E-state index contributed by atoms with van der Waals surface area (Å²) in [6, 6.07) is 7.91. The Morgan fingerprint density at radius 1 is 1.26 bits per heavy atom. The highest BCUT2D eigenvalue weighted by Gasteiger charge is 2.37. The number of nitrogens with zero attached hydrogens (tertiary/aromatic N) is 1. The van der Waals surface area contributed by atoms with E-state index < -0.39 is 0 Å². The monoisotopic (exact) mass is 315 g/mol. The van der Waals surface area contributed by atoms with Crippen molar-refractivity contribution >= 4 is 0 Å². The maximum absolute atomic E-state index is 9.81. The Balaban J connectivity index is 1.52. The Bertz CT molecular complexity index is 508. The molecule has 0 spiro atoms. The number of aromatic hydroxyl groups is 1. The van der Waals surface area contributed by atoms with E-state index in [4.69, 9.17) is 0 Å². The molecule has 2 aliphatic rings. The number of phenols is 1. The summed E-state index contributed by atoms with van der Waals surface area (Å²) in [5, 5.41) is 9.81. The molecule has 0 amide bonds. The van der Waals surface area contributed by atoms with Crippen LogP contribution in [0.1, 0.15) is 64.4 Å². The molecule has 2 unspecified atom stereocenters. The van der Waals surface area contributed by atoms with E-state index >= 15 is 0 Å². The molecule has 2 atom stereocenters. The number of piperidine rings is 1. The fraction of sp³-hybridized carbons (Fsp3) is 0.714. The molecular weight excluding hydrogens is 282 g/mol. The summed E-state index contributed by atoms with van der Waals surface area (Å²) in [6.07, 6.45) is 9.90. The van der Waals surface area contributed by atoms with Crippen LogP contribution in [0.2, 0.25) is 0 Å². The van der Waals surface area contributed by atoms with Crippen LogP contribution in [0, 0.1) is 11.8 Å². The maximum Gasteiger partial charge on any atom is 0.115 e. The van der Waals surface area contributed by atoms with E-state index in [1.165, 1.54) is 70.1 Å². The van der Waals surface area contributed by atoms with Crippen molar-refractivity contribution in [2.75, 3.05) is 19.6 Å². The van der Waals surface area contributed by atoms with Crippen LogP contribution >= 0.6 is 0 Å². The van der Waals surface area contributed by atoms with Crippen LogP contribution in [-0.4, -0.2) is 29.6 Å². The second-order valence-electron chi connectivity index (χ2n) is 8.21. The number of hydrogen-bond acceptors (Lipinski definition) is 2. The Morgan fingerprint density at radius 3 is 2.74 bits per heavy atom. The van der Waals surface area contributed by atoms with E-state index in [1.807, 2.05) is 12.1 Å². The molecule has 1 heterocycles. The standard InChI is InChI=1S/C21H33NO/c1-17-16-22(13-6-9-18-7-3-4-8-18)14-12-21(17,2)19-10-5-11-20(23)15-19/h5,10-11,15,17-18,23H,3-4,6-9,12-14,16H2,1-2H3. The number of hydrogen-bond donors (Lipinski definition) is 1. The highest BCUT2D eigenvalue weighted by atomic mass is 16.3. The molecule has 23 heavy (non-hydrogen) atoms.